The predicted molar refractivity (Wildman–Crippen MR) is 101 cm³/mol. The topological polar surface area (TPSA) is 87.3 Å². The van der Waals surface area contributed by atoms with Crippen LogP contribution in [0.2, 0.25) is 0 Å². The number of thioether (sulfide) groups is 1. The van der Waals surface area contributed by atoms with Gasteiger partial charge in [-0.3, -0.25) is 9.36 Å². The standard InChI is InChI=1S/C17H28N6O2S/c1-13(2)12-23-16(22-8-10-25-11-9-22)19-20-17(23)26-14(3)15(24)21(4)7-5-6-18/h13-14H,5,7-12H2,1-4H3/t14-/m0/s1. The zero-order valence-electron chi connectivity index (χ0n) is 16.0. The third-order valence-electron chi connectivity index (χ3n) is 4.10. The average molecular weight is 381 g/mol. The van der Waals surface area contributed by atoms with Crippen LogP contribution in [0.15, 0.2) is 5.16 Å². The van der Waals surface area contributed by atoms with Crippen molar-refractivity contribution in [3.05, 3.63) is 0 Å². The number of rotatable bonds is 8. The van der Waals surface area contributed by atoms with E-state index >= 15 is 0 Å². The number of carbonyl (C=O) groups is 1. The van der Waals surface area contributed by atoms with E-state index in [0.717, 1.165) is 30.7 Å². The minimum atomic E-state index is -0.286. The molecular weight excluding hydrogens is 352 g/mol. The zero-order valence-corrected chi connectivity index (χ0v) is 16.8. The third-order valence-corrected chi connectivity index (χ3v) is 5.17. The van der Waals surface area contributed by atoms with Crippen molar-refractivity contribution >= 4 is 23.6 Å². The second kappa shape index (κ2) is 9.78. The van der Waals surface area contributed by atoms with Crippen LogP contribution in [0.5, 0.6) is 0 Å². The zero-order chi connectivity index (χ0) is 19.1. The third kappa shape index (κ3) is 5.35. The predicted octanol–water partition coefficient (Wildman–Crippen LogP) is 1.62. The van der Waals surface area contributed by atoms with Gasteiger partial charge in [-0.15, -0.1) is 10.2 Å². The van der Waals surface area contributed by atoms with Gasteiger partial charge in [-0.25, -0.2) is 0 Å². The Balaban J connectivity index is 2.13. The van der Waals surface area contributed by atoms with Crippen molar-refractivity contribution in [3.8, 4) is 6.07 Å². The van der Waals surface area contributed by atoms with Crippen molar-refractivity contribution < 1.29 is 9.53 Å². The van der Waals surface area contributed by atoms with Gasteiger partial charge in [-0.05, 0) is 12.8 Å². The molecule has 0 N–H and O–H groups in total. The second-order valence-corrected chi connectivity index (χ2v) is 8.12. The summed E-state index contributed by atoms with van der Waals surface area (Å²) < 4.78 is 7.54. The fourth-order valence-corrected chi connectivity index (χ4v) is 3.71. The van der Waals surface area contributed by atoms with Crippen molar-refractivity contribution in [1.82, 2.24) is 19.7 Å². The Labute approximate surface area is 159 Å². The summed E-state index contributed by atoms with van der Waals surface area (Å²) >= 11 is 1.42. The number of amides is 1. The second-order valence-electron chi connectivity index (χ2n) is 6.81. The van der Waals surface area contributed by atoms with Crippen LogP contribution in [-0.4, -0.2) is 70.7 Å². The highest BCUT2D eigenvalue weighted by Crippen LogP contribution is 2.27. The van der Waals surface area contributed by atoms with Gasteiger partial charge in [0, 0.05) is 33.2 Å². The van der Waals surface area contributed by atoms with E-state index in [1.165, 1.54) is 11.8 Å². The fourth-order valence-electron chi connectivity index (χ4n) is 2.74. The van der Waals surface area contributed by atoms with Gasteiger partial charge in [0.15, 0.2) is 5.16 Å². The highest BCUT2D eigenvalue weighted by atomic mass is 32.2. The molecular formula is C17H28N6O2S. The fraction of sp³-hybridized carbons (Fsp3) is 0.765. The summed E-state index contributed by atoms with van der Waals surface area (Å²) in [4.78, 5) is 16.3. The maximum Gasteiger partial charge on any atom is 0.235 e. The molecule has 8 nitrogen and oxygen atoms in total. The Morgan fingerprint density at radius 2 is 2.04 bits per heavy atom. The van der Waals surface area contributed by atoms with Gasteiger partial charge in [-0.2, -0.15) is 5.26 Å². The first-order valence-electron chi connectivity index (χ1n) is 8.98. The van der Waals surface area contributed by atoms with Crippen LogP contribution >= 0.6 is 11.8 Å². The number of anilines is 1. The Morgan fingerprint density at radius 1 is 1.35 bits per heavy atom. The molecule has 144 valence electrons. The lowest BCUT2D eigenvalue weighted by molar-refractivity contribution is -0.128. The van der Waals surface area contributed by atoms with Crippen LogP contribution in [0.1, 0.15) is 27.2 Å². The van der Waals surface area contributed by atoms with E-state index in [4.69, 9.17) is 10.00 Å². The molecule has 0 aliphatic carbocycles. The molecule has 26 heavy (non-hydrogen) atoms. The molecule has 0 aromatic carbocycles. The van der Waals surface area contributed by atoms with E-state index in [0.29, 0.717) is 32.1 Å². The van der Waals surface area contributed by atoms with Gasteiger partial charge >= 0.3 is 0 Å². The van der Waals surface area contributed by atoms with E-state index in [1.807, 2.05) is 6.92 Å². The largest absolute Gasteiger partial charge is 0.378 e. The maximum absolute atomic E-state index is 12.5. The first kappa shape index (κ1) is 20.5. The van der Waals surface area contributed by atoms with E-state index in [1.54, 1.807) is 11.9 Å². The molecule has 0 bridgehead atoms. The molecule has 1 fully saturated rings. The summed E-state index contributed by atoms with van der Waals surface area (Å²) in [5.41, 5.74) is 0. The Hall–Kier alpha value is -1.79. The van der Waals surface area contributed by atoms with E-state index < -0.39 is 0 Å². The molecule has 1 saturated heterocycles. The maximum atomic E-state index is 12.5. The van der Waals surface area contributed by atoms with Gasteiger partial charge < -0.3 is 14.5 Å². The monoisotopic (exact) mass is 380 g/mol. The molecule has 1 aromatic heterocycles. The summed E-state index contributed by atoms with van der Waals surface area (Å²) in [6.07, 6.45) is 0.338. The summed E-state index contributed by atoms with van der Waals surface area (Å²) in [7, 11) is 1.73. The quantitative estimate of drug-likeness (QED) is 0.633. The molecule has 2 heterocycles. The Kier molecular flexibility index (Phi) is 7.72. The number of hydrogen-bond acceptors (Lipinski definition) is 7. The molecule has 1 aromatic rings. The van der Waals surface area contributed by atoms with Gasteiger partial charge in [0.05, 0.1) is 31.0 Å². The van der Waals surface area contributed by atoms with Crippen LogP contribution in [-0.2, 0) is 16.1 Å². The number of hydrogen-bond donors (Lipinski definition) is 0. The van der Waals surface area contributed by atoms with Gasteiger partial charge in [0.2, 0.25) is 11.9 Å². The molecule has 1 amide bonds. The molecule has 9 heteroatoms. The van der Waals surface area contributed by atoms with Crippen LogP contribution in [0, 0.1) is 17.2 Å². The molecule has 2 rings (SSSR count). The molecule has 0 saturated carbocycles. The summed E-state index contributed by atoms with van der Waals surface area (Å²) in [5, 5.41) is 17.9. The van der Waals surface area contributed by atoms with Crippen LogP contribution in [0.3, 0.4) is 0 Å². The van der Waals surface area contributed by atoms with Crippen molar-refractivity contribution in [2.45, 2.75) is 44.1 Å². The summed E-state index contributed by atoms with van der Waals surface area (Å²) in [5.74, 6) is 1.29. The highest BCUT2D eigenvalue weighted by molar-refractivity contribution is 8.00. The summed E-state index contributed by atoms with van der Waals surface area (Å²) in [6, 6.07) is 2.07. The minimum Gasteiger partial charge on any atom is -0.378 e. The Bertz CT molecular complexity index is 636. The normalized spacial score (nSPS) is 15.8. The van der Waals surface area contributed by atoms with E-state index in [2.05, 4.69) is 39.6 Å². The lowest BCUT2D eigenvalue weighted by Crippen LogP contribution is -2.38. The first-order chi connectivity index (χ1) is 12.4. The molecule has 0 spiro atoms. The number of ether oxygens (including phenoxy) is 1. The highest BCUT2D eigenvalue weighted by Gasteiger charge is 2.25. The van der Waals surface area contributed by atoms with Crippen LogP contribution in [0.25, 0.3) is 0 Å². The van der Waals surface area contributed by atoms with Crippen molar-refractivity contribution in [1.29, 1.82) is 5.26 Å². The van der Waals surface area contributed by atoms with Crippen molar-refractivity contribution in [2.75, 3.05) is 44.8 Å². The van der Waals surface area contributed by atoms with E-state index in [-0.39, 0.29) is 11.2 Å². The van der Waals surface area contributed by atoms with E-state index in [9.17, 15) is 4.79 Å². The SMILES string of the molecule is CC(C)Cn1c(S[C@@H](C)C(=O)N(C)CCC#N)nnc1N1CCOCC1. The smallest absolute Gasteiger partial charge is 0.235 e. The van der Waals surface area contributed by atoms with Gasteiger partial charge in [0.1, 0.15) is 0 Å². The van der Waals surface area contributed by atoms with Gasteiger partial charge in [-0.1, -0.05) is 25.6 Å². The number of carbonyl (C=O) groups excluding carboxylic acids is 1. The molecule has 0 radical (unpaired) electrons. The van der Waals surface area contributed by atoms with Crippen LogP contribution in [0.4, 0.5) is 5.95 Å². The minimum absolute atomic E-state index is 0.00253. The first-order valence-corrected chi connectivity index (χ1v) is 9.86. The lowest BCUT2D eigenvalue weighted by Gasteiger charge is -2.28. The number of aromatic nitrogens is 3. The van der Waals surface area contributed by atoms with Crippen LogP contribution < -0.4 is 4.90 Å². The number of morpholine rings is 1. The molecule has 1 atom stereocenters. The van der Waals surface area contributed by atoms with Gasteiger partial charge in [0.25, 0.3) is 0 Å². The molecule has 0 unspecified atom stereocenters. The Morgan fingerprint density at radius 3 is 2.65 bits per heavy atom. The van der Waals surface area contributed by atoms with Crippen molar-refractivity contribution in [3.63, 3.8) is 0 Å². The number of nitriles is 1. The lowest BCUT2D eigenvalue weighted by atomic mass is 10.2. The summed E-state index contributed by atoms with van der Waals surface area (Å²) in [6.45, 7) is 10.4. The average Bonchev–Trinajstić information content (AvgIpc) is 3.01. The molecule has 1 aliphatic heterocycles. The number of nitrogens with zero attached hydrogens (tertiary/aromatic N) is 6. The van der Waals surface area contributed by atoms with Crippen molar-refractivity contribution in [2.24, 2.45) is 5.92 Å². The molecule has 1 aliphatic rings.